The van der Waals surface area contributed by atoms with E-state index in [4.69, 9.17) is 19.3 Å². The molecule has 0 aromatic carbocycles. The number of carbonyl (C=O) groups is 2. The number of hydrogen-bond donors (Lipinski definition) is 2. The maximum absolute atomic E-state index is 12.3. The summed E-state index contributed by atoms with van der Waals surface area (Å²) in [5.41, 5.74) is 0. The van der Waals surface area contributed by atoms with Crippen molar-refractivity contribution in [2.75, 3.05) is 13.2 Å². The topological polar surface area (TPSA) is 119 Å². The van der Waals surface area contributed by atoms with Crippen LogP contribution in [0.25, 0.3) is 0 Å². The molecule has 0 rings (SSSR count). The van der Waals surface area contributed by atoms with Crippen LogP contribution in [0.5, 0.6) is 0 Å². The van der Waals surface area contributed by atoms with Crippen LogP contribution in [0.3, 0.4) is 0 Å². The molecule has 0 bridgehead atoms. The Morgan fingerprint density at radius 2 is 0.818 bits per heavy atom. The van der Waals surface area contributed by atoms with Gasteiger partial charge in [0.15, 0.2) is 6.10 Å². The van der Waals surface area contributed by atoms with Crippen LogP contribution in [0.4, 0.5) is 0 Å². The van der Waals surface area contributed by atoms with Gasteiger partial charge in [-0.15, -0.1) is 0 Å². The molecule has 0 saturated heterocycles. The molecule has 0 amide bonds. The average Bonchev–Trinajstić information content (AvgIpc) is 2.98. The Kier molecular flexibility index (Phi) is 31.3. The minimum atomic E-state index is -4.74. The van der Waals surface area contributed by atoms with Gasteiger partial charge < -0.3 is 19.3 Å². The summed E-state index contributed by atoms with van der Waals surface area (Å²) in [5.74, 6) is -0.873. The molecule has 0 heterocycles. The maximum atomic E-state index is 12.3. The van der Waals surface area contributed by atoms with Crippen molar-refractivity contribution < 1.29 is 37.9 Å². The van der Waals surface area contributed by atoms with Crippen molar-refractivity contribution in [2.45, 2.75) is 200 Å². The molecule has 0 aromatic heterocycles. The molecule has 1 atom stereocenters. The van der Waals surface area contributed by atoms with Crippen LogP contribution in [0.15, 0.2) is 0 Å². The molecule has 0 unspecified atom stereocenters. The molecule has 0 fully saturated rings. The van der Waals surface area contributed by atoms with Gasteiger partial charge in [-0.05, 0) is 12.8 Å². The van der Waals surface area contributed by atoms with Crippen molar-refractivity contribution in [2.24, 2.45) is 0 Å². The third-order valence-electron chi connectivity index (χ3n) is 8.13. The summed E-state index contributed by atoms with van der Waals surface area (Å²) < 4.78 is 26.3. The number of phosphoric ester groups is 1. The largest absolute Gasteiger partial charge is 0.469 e. The van der Waals surface area contributed by atoms with Crippen molar-refractivity contribution >= 4 is 19.8 Å². The Labute approximate surface area is 270 Å². The first-order valence-corrected chi connectivity index (χ1v) is 19.9. The van der Waals surface area contributed by atoms with Crippen molar-refractivity contribution in [3.63, 3.8) is 0 Å². The van der Waals surface area contributed by atoms with Gasteiger partial charge in [0.1, 0.15) is 6.61 Å². The van der Waals surface area contributed by atoms with E-state index in [9.17, 15) is 14.2 Å². The second-order valence-corrected chi connectivity index (χ2v) is 13.8. The summed E-state index contributed by atoms with van der Waals surface area (Å²) in [5, 5.41) is 0. The van der Waals surface area contributed by atoms with Crippen LogP contribution in [0, 0.1) is 0 Å². The van der Waals surface area contributed by atoms with E-state index in [-0.39, 0.29) is 19.4 Å². The Morgan fingerprint density at radius 1 is 0.500 bits per heavy atom. The van der Waals surface area contributed by atoms with Crippen LogP contribution in [0.1, 0.15) is 194 Å². The molecule has 0 spiro atoms. The van der Waals surface area contributed by atoms with Crippen LogP contribution in [-0.2, 0) is 28.2 Å². The average molecular weight is 649 g/mol. The molecule has 0 aliphatic heterocycles. The summed E-state index contributed by atoms with van der Waals surface area (Å²) in [4.78, 5) is 42.6. The van der Waals surface area contributed by atoms with E-state index in [1.54, 1.807) is 0 Å². The summed E-state index contributed by atoms with van der Waals surface area (Å²) in [6.07, 6.45) is 31.0. The number of hydrogen-bond acceptors (Lipinski definition) is 6. The standard InChI is InChI=1S/C35H69O8P/c1-3-5-7-9-11-13-15-17-19-21-23-25-27-29-34(36)41-31-33(32-42-44(38,39)40)43-35(37)30-28-26-24-22-20-18-16-14-12-10-8-6-4-2/h33H,3-32H2,1-2H3,(H2,38,39,40)/t33-/m1/s1. The van der Waals surface area contributed by atoms with Crippen molar-refractivity contribution in [3.05, 3.63) is 0 Å². The lowest BCUT2D eigenvalue weighted by atomic mass is 10.0. The second kappa shape index (κ2) is 32.0. The van der Waals surface area contributed by atoms with Gasteiger partial charge in [0.05, 0.1) is 6.61 Å². The Hall–Kier alpha value is -0.950. The highest BCUT2D eigenvalue weighted by Gasteiger charge is 2.22. The van der Waals surface area contributed by atoms with Gasteiger partial charge in [0, 0.05) is 12.8 Å². The van der Waals surface area contributed by atoms with Crippen LogP contribution < -0.4 is 0 Å². The van der Waals surface area contributed by atoms with Gasteiger partial charge in [0.25, 0.3) is 0 Å². The van der Waals surface area contributed by atoms with E-state index in [0.717, 1.165) is 32.1 Å². The Bertz CT molecular complexity index is 696. The van der Waals surface area contributed by atoms with Crippen LogP contribution in [0.2, 0.25) is 0 Å². The lowest BCUT2D eigenvalue weighted by Gasteiger charge is -2.18. The summed E-state index contributed by atoms with van der Waals surface area (Å²) in [6, 6.07) is 0. The summed E-state index contributed by atoms with van der Waals surface area (Å²) in [7, 11) is -4.74. The number of phosphoric acid groups is 1. The molecular formula is C35H69O8P. The molecule has 0 aromatic rings. The van der Waals surface area contributed by atoms with Crippen molar-refractivity contribution in [1.29, 1.82) is 0 Å². The van der Waals surface area contributed by atoms with Gasteiger partial charge in [-0.1, -0.05) is 168 Å². The first-order valence-electron chi connectivity index (χ1n) is 18.3. The zero-order valence-electron chi connectivity index (χ0n) is 28.6. The van der Waals surface area contributed by atoms with E-state index in [2.05, 4.69) is 18.4 Å². The SMILES string of the molecule is CCCCCCCCCCCCCCCC(=O)OC[C@H](COP(=O)(O)O)OC(=O)CCCCCCCCCCCCCCC. The fourth-order valence-electron chi connectivity index (χ4n) is 5.37. The molecule has 2 N–H and O–H groups in total. The summed E-state index contributed by atoms with van der Waals surface area (Å²) in [6.45, 7) is 3.68. The molecule has 0 aliphatic rings. The van der Waals surface area contributed by atoms with E-state index in [1.807, 2.05) is 0 Å². The zero-order chi connectivity index (χ0) is 32.6. The zero-order valence-corrected chi connectivity index (χ0v) is 29.5. The maximum Gasteiger partial charge on any atom is 0.469 e. The molecule has 0 radical (unpaired) electrons. The van der Waals surface area contributed by atoms with Crippen molar-refractivity contribution in [3.8, 4) is 0 Å². The highest BCUT2D eigenvalue weighted by molar-refractivity contribution is 7.46. The van der Waals surface area contributed by atoms with Gasteiger partial charge in [-0.25, -0.2) is 4.57 Å². The molecule has 9 heteroatoms. The Morgan fingerprint density at radius 3 is 1.16 bits per heavy atom. The van der Waals surface area contributed by atoms with E-state index < -0.39 is 32.5 Å². The molecule has 0 saturated carbocycles. The fraction of sp³-hybridized carbons (Fsp3) is 0.943. The highest BCUT2D eigenvalue weighted by Crippen LogP contribution is 2.36. The first-order chi connectivity index (χ1) is 21.3. The third-order valence-corrected chi connectivity index (χ3v) is 8.61. The van der Waals surface area contributed by atoms with Crippen molar-refractivity contribution in [1.82, 2.24) is 0 Å². The second-order valence-electron chi connectivity index (χ2n) is 12.6. The smallest absolute Gasteiger partial charge is 0.462 e. The minimum Gasteiger partial charge on any atom is -0.462 e. The van der Waals surface area contributed by atoms with E-state index in [1.165, 1.54) is 128 Å². The van der Waals surface area contributed by atoms with E-state index in [0.29, 0.717) is 6.42 Å². The number of carbonyl (C=O) groups excluding carboxylic acids is 2. The Balaban J connectivity index is 3.94. The molecule has 8 nitrogen and oxygen atoms in total. The predicted molar refractivity (Wildman–Crippen MR) is 179 cm³/mol. The normalized spacial score (nSPS) is 12.4. The fourth-order valence-corrected chi connectivity index (χ4v) is 5.73. The third kappa shape index (κ3) is 33.9. The molecule has 0 aliphatic carbocycles. The minimum absolute atomic E-state index is 0.219. The van der Waals surface area contributed by atoms with Crippen LogP contribution >= 0.6 is 7.82 Å². The van der Waals surface area contributed by atoms with Gasteiger partial charge in [0.2, 0.25) is 0 Å². The van der Waals surface area contributed by atoms with Gasteiger partial charge in [-0.3, -0.25) is 14.1 Å². The number of esters is 2. The van der Waals surface area contributed by atoms with E-state index >= 15 is 0 Å². The number of unbranched alkanes of at least 4 members (excludes halogenated alkanes) is 24. The monoisotopic (exact) mass is 648 g/mol. The van der Waals surface area contributed by atoms with Crippen LogP contribution in [-0.4, -0.2) is 41.0 Å². The lowest BCUT2D eigenvalue weighted by Crippen LogP contribution is -2.29. The van der Waals surface area contributed by atoms with Gasteiger partial charge >= 0.3 is 19.8 Å². The quantitative estimate of drug-likeness (QED) is 0.0402. The molecule has 262 valence electrons. The highest BCUT2D eigenvalue weighted by atomic mass is 31.2. The predicted octanol–water partition coefficient (Wildman–Crippen LogP) is 10.5. The molecular weight excluding hydrogens is 579 g/mol. The molecule has 44 heavy (non-hydrogen) atoms. The number of ether oxygens (including phenoxy) is 2. The van der Waals surface area contributed by atoms with Gasteiger partial charge in [-0.2, -0.15) is 0 Å². The first kappa shape index (κ1) is 43.0. The number of rotatable bonds is 34. The summed E-state index contributed by atoms with van der Waals surface area (Å²) >= 11 is 0. The lowest BCUT2D eigenvalue weighted by molar-refractivity contribution is -0.161.